The summed E-state index contributed by atoms with van der Waals surface area (Å²) in [6.45, 7) is 9.51. The van der Waals surface area contributed by atoms with Gasteiger partial charge in [0.1, 0.15) is 11.6 Å². The van der Waals surface area contributed by atoms with Gasteiger partial charge < -0.3 is 5.11 Å². The Labute approximate surface area is 443 Å². The second-order valence-electron chi connectivity index (χ2n) is 21.0. The quantitative estimate of drug-likeness (QED) is 0.147. The average molecular weight is 1110 g/mol. The molecule has 2 aromatic heterocycles. The van der Waals surface area contributed by atoms with Crippen LogP contribution in [-0.2, 0) is 42.7 Å². The van der Waals surface area contributed by atoms with E-state index < -0.39 is 31.4 Å². The smallest absolute Gasteiger partial charge is 0.148 e. The fourth-order valence-electron chi connectivity index (χ4n) is 9.08. The van der Waals surface area contributed by atoms with Gasteiger partial charge in [-0.1, -0.05) is 215 Å². The Morgan fingerprint density at radius 2 is 1.17 bits per heavy atom. The van der Waals surface area contributed by atoms with Crippen molar-refractivity contribution in [2.45, 2.75) is 111 Å². The first kappa shape index (κ1) is 39.4. The van der Waals surface area contributed by atoms with Crippen LogP contribution in [0.3, 0.4) is 0 Å². The Bertz CT molecular complexity index is 3640. The Kier molecular flexibility index (Phi) is 10.7. The number of hydrogen-bond donors (Lipinski definition) is 1. The maximum Gasteiger partial charge on any atom is 0.148 e. The van der Waals surface area contributed by atoms with Crippen molar-refractivity contribution in [1.82, 2.24) is 14.5 Å². The van der Waals surface area contributed by atoms with E-state index in [1.807, 2.05) is 60.7 Å². The van der Waals surface area contributed by atoms with E-state index in [0.29, 0.717) is 39.3 Å². The zero-order valence-corrected chi connectivity index (χ0v) is 43.7. The molecular weight excluding hydrogens is 1030 g/mol. The minimum atomic E-state index is -3.38. The van der Waals surface area contributed by atoms with Gasteiger partial charge in [-0.3, -0.25) is 9.55 Å². The molecule has 7 aromatic carbocycles. The summed E-state index contributed by atoms with van der Waals surface area (Å²) in [5, 5.41) is 12.7. The van der Waals surface area contributed by atoms with Crippen LogP contribution in [0.15, 0.2) is 164 Å². The number of para-hydroxylation sites is 1. The number of rotatable bonds is 9. The molecule has 0 amide bonds. The number of fused-ring (bicyclic) bond motifs is 1. The van der Waals surface area contributed by atoms with Crippen molar-refractivity contribution < 1.29 is 38.5 Å². The molecule has 0 unspecified atom stereocenters. The molecule has 0 aliphatic carbocycles. The third-order valence-corrected chi connectivity index (χ3v) is 13.7. The molecule has 2 heterocycles. The zero-order chi connectivity index (χ0) is 56.5. The van der Waals surface area contributed by atoms with Crippen LogP contribution in [-0.4, -0.2) is 19.6 Å². The molecule has 4 nitrogen and oxygen atoms in total. The van der Waals surface area contributed by atoms with Crippen molar-refractivity contribution in [1.29, 1.82) is 0 Å². The third-order valence-electron chi connectivity index (χ3n) is 13.7. The summed E-state index contributed by atoms with van der Waals surface area (Å²) in [6, 6.07) is 54.8. The van der Waals surface area contributed by atoms with Crippen molar-refractivity contribution >= 4 is 11.0 Å². The molecular formula is C65H66N3OPt-. The fourth-order valence-corrected chi connectivity index (χ4v) is 9.08. The van der Waals surface area contributed by atoms with Crippen molar-refractivity contribution in [3.63, 3.8) is 0 Å². The molecule has 0 radical (unpaired) electrons. The first-order chi connectivity index (χ1) is 36.5. The molecule has 0 bridgehead atoms. The number of phenolic OH excluding ortho intramolecular Hbond substituents is 1. The molecule has 0 spiro atoms. The molecule has 0 aliphatic heterocycles. The molecule has 0 saturated carbocycles. The number of hydrogen-bond acceptors (Lipinski definition) is 3. The first-order valence-corrected chi connectivity index (χ1v) is 23.8. The van der Waals surface area contributed by atoms with Gasteiger partial charge in [0.05, 0.1) is 22.3 Å². The molecule has 70 heavy (non-hydrogen) atoms. The summed E-state index contributed by atoms with van der Waals surface area (Å²) in [7, 11) is 0. The number of benzene rings is 7. The number of phenols is 1. The number of aromatic nitrogens is 3. The Hall–Kier alpha value is -6.35. The predicted molar refractivity (Wildman–Crippen MR) is 291 cm³/mol. The van der Waals surface area contributed by atoms with Gasteiger partial charge in [-0.15, -0.1) is 23.8 Å². The van der Waals surface area contributed by atoms with Gasteiger partial charge in [-0.2, -0.15) is 0 Å². The molecule has 358 valence electrons. The third kappa shape index (κ3) is 9.86. The standard InChI is InChI=1S/C65H66N3O.Pt/c1-13-65(11,12)50-31-32-57(53(39-50)44-23-18-15-19-24-44)68-58-26-20-25-52(59(58)67-61(68)54-40-51(63(5,6)7)41-55(60(54)69)64(8,9)10)47-35-46(42-21-16-14-17-22-42)36-48(37-47)56-38-45(33-34-66-56)43-27-29-49(30-28-43)62(2,3)4;/h14-36,38-41,69H,13H2,1-12H3;/q-1;/i2D3,3D3,4D3;. The Balaban J connectivity index is 0.00000822. The van der Waals surface area contributed by atoms with Gasteiger partial charge in [0, 0.05) is 56.4 Å². The van der Waals surface area contributed by atoms with Gasteiger partial charge in [0.25, 0.3) is 0 Å². The first-order valence-electron chi connectivity index (χ1n) is 28.3. The second-order valence-corrected chi connectivity index (χ2v) is 21.0. The van der Waals surface area contributed by atoms with Gasteiger partial charge in [-0.25, -0.2) is 4.98 Å². The van der Waals surface area contributed by atoms with Crippen molar-refractivity contribution in [3.05, 3.63) is 192 Å². The van der Waals surface area contributed by atoms with E-state index in [0.717, 1.165) is 62.1 Å². The van der Waals surface area contributed by atoms with E-state index in [9.17, 15) is 5.11 Å². The summed E-state index contributed by atoms with van der Waals surface area (Å²) >= 11 is 0. The monoisotopic (exact) mass is 1110 g/mol. The van der Waals surface area contributed by atoms with E-state index in [1.54, 1.807) is 24.4 Å². The molecule has 0 aliphatic rings. The summed E-state index contributed by atoms with van der Waals surface area (Å²) in [5.41, 5.74) is 9.86. The van der Waals surface area contributed by atoms with Crippen LogP contribution in [0.2, 0.25) is 0 Å². The molecule has 9 aromatic rings. The largest absolute Gasteiger partial charge is 0.507 e. The van der Waals surface area contributed by atoms with E-state index in [2.05, 4.69) is 140 Å². The second kappa shape index (κ2) is 19.1. The van der Waals surface area contributed by atoms with E-state index >= 15 is 0 Å². The molecule has 0 saturated heterocycles. The van der Waals surface area contributed by atoms with Crippen LogP contribution >= 0.6 is 0 Å². The van der Waals surface area contributed by atoms with Gasteiger partial charge >= 0.3 is 0 Å². The van der Waals surface area contributed by atoms with Crippen LogP contribution in [0.25, 0.3) is 83.9 Å². The predicted octanol–water partition coefficient (Wildman–Crippen LogP) is 17.5. The minimum absolute atomic E-state index is 0. The topological polar surface area (TPSA) is 50.9 Å². The summed E-state index contributed by atoms with van der Waals surface area (Å²) in [4.78, 5) is 10.5. The number of aromatic hydroxyl groups is 1. The van der Waals surface area contributed by atoms with Crippen LogP contribution in [0, 0.1) is 6.07 Å². The minimum Gasteiger partial charge on any atom is -0.507 e. The molecule has 9 rings (SSSR count). The molecule has 5 heteroatoms. The SMILES string of the molecule is [2H]C([2H])([2H])C(c1ccc(-c2ccnc(-c3[c-]c(-c4cccc5c4nc(-c4cc(C(C)(C)C)cc(C(C)(C)C)c4O)n5-c4ccc(C(C)(C)CC)cc4-c4ccccc4)cc(-c4ccccc4)c3)c2)cc1)(C([2H])([2H])[2H])C([2H])([2H])[2H].[Pt]. The van der Waals surface area contributed by atoms with Gasteiger partial charge in [-0.05, 0) is 97.4 Å². The maximum atomic E-state index is 12.7. The fraction of sp³-hybridized carbons (Fsp3) is 0.262. The van der Waals surface area contributed by atoms with E-state index in [1.165, 1.54) is 17.7 Å². The molecule has 0 fully saturated rings. The van der Waals surface area contributed by atoms with Crippen LogP contribution in [0.5, 0.6) is 5.75 Å². The summed E-state index contributed by atoms with van der Waals surface area (Å²) < 4.78 is 76.4. The average Bonchev–Trinajstić information content (AvgIpc) is 4.03. The van der Waals surface area contributed by atoms with Crippen LogP contribution < -0.4 is 0 Å². The Morgan fingerprint density at radius 3 is 1.81 bits per heavy atom. The van der Waals surface area contributed by atoms with Crippen LogP contribution in [0.4, 0.5) is 0 Å². The van der Waals surface area contributed by atoms with Crippen molar-refractivity contribution in [2.24, 2.45) is 0 Å². The number of pyridine rings is 1. The van der Waals surface area contributed by atoms with E-state index in [4.69, 9.17) is 22.3 Å². The van der Waals surface area contributed by atoms with Crippen molar-refractivity contribution in [2.75, 3.05) is 0 Å². The van der Waals surface area contributed by atoms with Crippen LogP contribution in [0.1, 0.15) is 124 Å². The van der Waals surface area contributed by atoms with Gasteiger partial charge in [0.2, 0.25) is 0 Å². The normalized spacial score (nSPS) is 14.7. The maximum absolute atomic E-state index is 12.7. The van der Waals surface area contributed by atoms with E-state index in [-0.39, 0.29) is 43.2 Å². The molecule has 0 atom stereocenters. The van der Waals surface area contributed by atoms with Crippen molar-refractivity contribution in [3.8, 4) is 78.6 Å². The number of nitrogens with zero attached hydrogens (tertiary/aromatic N) is 3. The summed E-state index contributed by atoms with van der Waals surface area (Å²) in [6.07, 6.45) is 2.60. The molecule has 1 N–H and O–H groups in total. The summed E-state index contributed by atoms with van der Waals surface area (Å²) in [5.74, 6) is 0.755. The van der Waals surface area contributed by atoms with Gasteiger partial charge in [0.15, 0.2) is 0 Å². The Morgan fingerprint density at radius 1 is 0.543 bits per heavy atom. The number of imidazole rings is 1. The zero-order valence-electron chi connectivity index (χ0n) is 50.4.